The minimum Gasteiger partial charge on any atom is -0.474 e. The number of nitrogens with zero attached hydrogens (tertiary/aromatic N) is 4. The highest BCUT2D eigenvalue weighted by atomic mass is 16.5. The highest BCUT2D eigenvalue weighted by Gasteiger charge is 2.36. The van der Waals surface area contributed by atoms with E-state index in [2.05, 4.69) is 22.3 Å². The van der Waals surface area contributed by atoms with Crippen LogP contribution in [0.15, 0.2) is 18.3 Å². The second-order valence-electron chi connectivity index (χ2n) is 7.18. The number of likely N-dealkylation sites (tertiary alicyclic amines) is 1. The quantitative estimate of drug-likeness (QED) is 0.785. The Morgan fingerprint density at radius 1 is 1.21 bits per heavy atom. The highest BCUT2D eigenvalue weighted by molar-refractivity contribution is 5.80. The first kappa shape index (κ1) is 19.7. The molecule has 2 fully saturated rings. The van der Waals surface area contributed by atoms with E-state index in [4.69, 9.17) is 16.4 Å². The van der Waals surface area contributed by atoms with Gasteiger partial charge >= 0.3 is 0 Å². The predicted molar refractivity (Wildman–Crippen MR) is 102 cm³/mol. The van der Waals surface area contributed by atoms with E-state index in [0.29, 0.717) is 24.3 Å². The molecule has 1 amide bonds. The van der Waals surface area contributed by atoms with Crippen LogP contribution in [0.1, 0.15) is 44.1 Å². The molecule has 28 heavy (non-hydrogen) atoms. The van der Waals surface area contributed by atoms with Crippen molar-refractivity contribution >= 4 is 5.91 Å². The minimum absolute atomic E-state index is 0.0848. The van der Waals surface area contributed by atoms with E-state index in [1.807, 2.05) is 6.07 Å². The Kier molecular flexibility index (Phi) is 6.48. The smallest absolute Gasteiger partial charge is 0.238 e. The van der Waals surface area contributed by atoms with Crippen LogP contribution in [-0.2, 0) is 4.79 Å². The number of carbonyl (C=O) groups excluding carboxylic acids is 1. The van der Waals surface area contributed by atoms with Gasteiger partial charge in [0.05, 0.1) is 24.2 Å². The van der Waals surface area contributed by atoms with Gasteiger partial charge in [0.1, 0.15) is 18.2 Å². The van der Waals surface area contributed by atoms with Crippen LogP contribution < -0.4 is 10.1 Å². The maximum atomic E-state index is 12.5. The first-order valence-electron chi connectivity index (χ1n) is 9.57. The second-order valence-corrected chi connectivity index (χ2v) is 7.18. The summed E-state index contributed by atoms with van der Waals surface area (Å²) in [6.07, 6.45) is 11.9. The van der Waals surface area contributed by atoms with Crippen LogP contribution in [0.25, 0.3) is 0 Å². The number of pyridine rings is 1. The molecule has 1 aliphatic carbocycles. The molecular formula is C21H23N5O2. The third kappa shape index (κ3) is 4.60. The van der Waals surface area contributed by atoms with Crippen LogP contribution in [0.4, 0.5) is 0 Å². The van der Waals surface area contributed by atoms with Crippen molar-refractivity contribution in [2.24, 2.45) is 0 Å². The van der Waals surface area contributed by atoms with Gasteiger partial charge in [-0.15, -0.1) is 6.42 Å². The zero-order valence-corrected chi connectivity index (χ0v) is 15.7. The van der Waals surface area contributed by atoms with E-state index in [1.165, 1.54) is 6.20 Å². The fourth-order valence-corrected chi connectivity index (χ4v) is 3.84. The first-order chi connectivity index (χ1) is 13.6. The molecule has 0 aromatic carbocycles. The molecule has 2 aliphatic rings. The van der Waals surface area contributed by atoms with E-state index in [1.54, 1.807) is 17.0 Å². The summed E-state index contributed by atoms with van der Waals surface area (Å²) in [5.41, 5.74) is 0.508. The molecule has 2 atom stereocenters. The fraction of sp³-hybridized carbons (Fsp3) is 0.524. The van der Waals surface area contributed by atoms with Crippen LogP contribution in [0, 0.1) is 35.0 Å². The lowest BCUT2D eigenvalue weighted by Gasteiger charge is -2.30. The van der Waals surface area contributed by atoms with Crippen LogP contribution in [0.5, 0.6) is 5.88 Å². The van der Waals surface area contributed by atoms with Crippen molar-refractivity contribution in [3.63, 3.8) is 0 Å². The Morgan fingerprint density at radius 3 is 2.57 bits per heavy atom. The van der Waals surface area contributed by atoms with Crippen molar-refractivity contribution in [1.82, 2.24) is 15.2 Å². The van der Waals surface area contributed by atoms with Gasteiger partial charge in [0.15, 0.2) is 0 Å². The maximum Gasteiger partial charge on any atom is 0.238 e. The van der Waals surface area contributed by atoms with Crippen molar-refractivity contribution < 1.29 is 9.53 Å². The normalized spacial score (nSPS) is 26.7. The SMILES string of the molecule is C#C[C@H]1CC[C@@H](C#N)N1C(=O)CNC1CCC(Oc2ccc(C#N)cn2)CC1. The largest absolute Gasteiger partial charge is 0.474 e. The molecule has 1 aliphatic heterocycles. The third-order valence-corrected chi connectivity index (χ3v) is 5.38. The van der Waals surface area contributed by atoms with Crippen molar-refractivity contribution in [1.29, 1.82) is 10.5 Å². The second kappa shape index (κ2) is 9.22. The van der Waals surface area contributed by atoms with Gasteiger partial charge in [-0.05, 0) is 44.6 Å². The molecule has 1 saturated heterocycles. The number of nitrogens with one attached hydrogen (secondary N) is 1. The summed E-state index contributed by atoms with van der Waals surface area (Å²) in [6, 6.07) is 7.16. The van der Waals surface area contributed by atoms with E-state index >= 15 is 0 Å². The number of rotatable bonds is 5. The number of amides is 1. The van der Waals surface area contributed by atoms with Crippen LogP contribution in [-0.4, -0.2) is 46.6 Å². The van der Waals surface area contributed by atoms with Gasteiger partial charge < -0.3 is 15.0 Å². The minimum atomic E-state index is -0.417. The van der Waals surface area contributed by atoms with E-state index in [9.17, 15) is 10.1 Å². The van der Waals surface area contributed by atoms with Crippen molar-refractivity contribution in [2.75, 3.05) is 6.54 Å². The van der Waals surface area contributed by atoms with E-state index in [0.717, 1.165) is 25.7 Å². The van der Waals surface area contributed by atoms with Gasteiger partial charge in [0, 0.05) is 18.3 Å². The fourth-order valence-electron chi connectivity index (χ4n) is 3.84. The Morgan fingerprint density at radius 2 is 1.96 bits per heavy atom. The molecule has 7 heteroatoms. The lowest BCUT2D eigenvalue weighted by atomic mass is 9.93. The number of aromatic nitrogens is 1. The number of hydrogen-bond acceptors (Lipinski definition) is 6. The summed E-state index contributed by atoms with van der Waals surface area (Å²) in [5, 5.41) is 21.3. The Hall–Kier alpha value is -3.08. The monoisotopic (exact) mass is 377 g/mol. The number of carbonyl (C=O) groups is 1. The zero-order valence-electron chi connectivity index (χ0n) is 15.7. The molecule has 0 bridgehead atoms. The molecule has 1 aromatic rings. The molecule has 0 unspecified atom stereocenters. The molecule has 1 saturated carbocycles. The van der Waals surface area contributed by atoms with Crippen molar-refractivity contribution in [2.45, 2.75) is 62.8 Å². The Bertz CT molecular complexity index is 787. The summed E-state index contributed by atoms with van der Waals surface area (Å²) in [6.45, 7) is 0.198. The summed E-state index contributed by atoms with van der Waals surface area (Å²) in [4.78, 5) is 18.2. The lowest BCUT2D eigenvalue weighted by molar-refractivity contribution is -0.131. The molecule has 0 spiro atoms. The number of nitriles is 2. The highest BCUT2D eigenvalue weighted by Crippen LogP contribution is 2.25. The molecule has 1 N–H and O–H groups in total. The molecule has 2 heterocycles. The Labute approximate surface area is 165 Å². The average Bonchev–Trinajstić information content (AvgIpc) is 3.17. The molecule has 144 valence electrons. The van der Waals surface area contributed by atoms with Crippen molar-refractivity contribution in [3.8, 4) is 30.4 Å². The topological polar surface area (TPSA) is 102 Å². The summed E-state index contributed by atoms with van der Waals surface area (Å²) >= 11 is 0. The maximum absolute atomic E-state index is 12.5. The number of ether oxygens (including phenoxy) is 1. The molecule has 0 radical (unpaired) electrons. The molecule has 3 rings (SSSR count). The van der Waals surface area contributed by atoms with Gasteiger partial charge in [-0.2, -0.15) is 10.5 Å². The standard InChI is InChI=1S/C21H23N5O2/c1-2-17-6-7-18(12-23)26(17)21(27)14-24-16-4-8-19(9-5-16)28-20-10-3-15(11-22)13-25-20/h1,3,10,13,16-19,24H,4-9,14H2/t16?,17-,18-,19?/m0/s1. The molecular weight excluding hydrogens is 354 g/mol. The van der Waals surface area contributed by atoms with E-state index < -0.39 is 6.04 Å². The third-order valence-electron chi connectivity index (χ3n) is 5.38. The number of terminal acetylenes is 1. The van der Waals surface area contributed by atoms with E-state index in [-0.39, 0.29) is 30.6 Å². The summed E-state index contributed by atoms with van der Waals surface area (Å²) in [5.74, 6) is 3.04. The number of hydrogen-bond donors (Lipinski definition) is 1. The van der Waals surface area contributed by atoms with Crippen molar-refractivity contribution in [3.05, 3.63) is 23.9 Å². The average molecular weight is 377 g/mol. The van der Waals surface area contributed by atoms with Crippen LogP contribution >= 0.6 is 0 Å². The summed E-state index contributed by atoms with van der Waals surface area (Å²) in [7, 11) is 0. The predicted octanol–water partition coefficient (Wildman–Crippen LogP) is 1.75. The molecule has 7 nitrogen and oxygen atoms in total. The van der Waals surface area contributed by atoms with Gasteiger partial charge in [0.2, 0.25) is 11.8 Å². The summed E-state index contributed by atoms with van der Waals surface area (Å²) < 4.78 is 5.89. The zero-order chi connectivity index (χ0) is 19.9. The van der Waals surface area contributed by atoms with Crippen LogP contribution in [0.3, 0.4) is 0 Å². The van der Waals surface area contributed by atoms with Gasteiger partial charge in [-0.1, -0.05) is 5.92 Å². The van der Waals surface area contributed by atoms with Gasteiger partial charge in [-0.25, -0.2) is 4.98 Å². The van der Waals surface area contributed by atoms with Crippen LogP contribution in [0.2, 0.25) is 0 Å². The lowest BCUT2D eigenvalue weighted by Crippen LogP contribution is -2.47. The first-order valence-corrected chi connectivity index (χ1v) is 9.57. The van der Waals surface area contributed by atoms with Gasteiger partial charge in [-0.3, -0.25) is 4.79 Å². The van der Waals surface area contributed by atoms with Gasteiger partial charge in [0.25, 0.3) is 0 Å². The molecule has 1 aromatic heterocycles. The Balaban J connectivity index is 1.43.